The summed E-state index contributed by atoms with van der Waals surface area (Å²) in [5.41, 5.74) is 4.63. The van der Waals surface area contributed by atoms with Crippen molar-refractivity contribution in [2.45, 2.75) is 13.0 Å². The molecule has 6 nitrogen and oxygen atoms in total. The molecule has 0 saturated heterocycles. The number of rotatable bonds is 5. The predicted octanol–water partition coefficient (Wildman–Crippen LogP) is 5.23. The molecule has 1 aliphatic heterocycles. The van der Waals surface area contributed by atoms with Gasteiger partial charge in [-0.05, 0) is 37.3 Å². The minimum absolute atomic E-state index is 0.0473. The average molecular weight is 425 g/mol. The second kappa shape index (κ2) is 7.89. The number of nitrogens with zero attached hydrogens (tertiary/aromatic N) is 2. The van der Waals surface area contributed by atoms with Crippen LogP contribution in [0, 0.1) is 0 Å². The van der Waals surface area contributed by atoms with Crippen molar-refractivity contribution in [3.63, 3.8) is 0 Å². The molecule has 1 atom stereocenters. The van der Waals surface area contributed by atoms with E-state index in [9.17, 15) is 4.79 Å². The van der Waals surface area contributed by atoms with Gasteiger partial charge in [-0.1, -0.05) is 42.5 Å². The van der Waals surface area contributed by atoms with Gasteiger partial charge in [0.15, 0.2) is 5.78 Å². The van der Waals surface area contributed by atoms with Crippen molar-refractivity contribution in [2.75, 3.05) is 19.5 Å². The van der Waals surface area contributed by atoms with E-state index in [0.717, 1.165) is 22.3 Å². The highest BCUT2D eigenvalue weighted by atomic mass is 16.5. The summed E-state index contributed by atoms with van der Waals surface area (Å²) >= 11 is 0. The molecule has 0 spiro atoms. The van der Waals surface area contributed by atoms with E-state index >= 15 is 0 Å². The first-order chi connectivity index (χ1) is 15.6. The van der Waals surface area contributed by atoms with Gasteiger partial charge < -0.3 is 14.8 Å². The molecule has 0 bridgehead atoms. The van der Waals surface area contributed by atoms with E-state index in [0.29, 0.717) is 28.6 Å². The molecule has 4 aromatic rings. The molecular formula is C26H23N3O3. The topological polar surface area (TPSA) is 65.4 Å². The summed E-state index contributed by atoms with van der Waals surface area (Å²) in [5, 5.41) is 3.35. The first-order valence-electron chi connectivity index (χ1n) is 10.4. The van der Waals surface area contributed by atoms with E-state index in [1.54, 1.807) is 14.2 Å². The number of aromatic nitrogens is 2. The number of methoxy groups -OCH3 is 2. The Hall–Kier alpha value is -4.06. The van der Waals surface area contributed by atoms with Crippen LogP contribution in [-0.2, 0) is 0 Å². The minimum Gasteiger partial charge on any atom is -0.497 e. The zero-order valence-corrected chi connectivity index (χ0v) is 18.1. The molecule has 1 aliphatic rings. The van der Waals surface area contributed by atoms with Crippen LogP contribution in [0.1, 0.15) is 28.9 Å². The number of carbonyl (C=O) groups excluding carboxylic acids is 1. The van der Waals surface area contributed by atoms with Gasteiger partial charge in [0.1, 0.15) is 11.5 Å². The highest BCUT2D eigenvalue weighted by Gasteiger charge is 2.36. The number of allylic oxidation sites excluding steroid dienone is 2. The van der Waals surface area contributed by atoms with Crippen molar-refractivity contribution in [1.82, 2.24) is 9.55 Å². The predicted molar refractivity (Wildman–Crippen MR) is 125 cm³/mol. The molecule has 1 aromatic heterocycles. The van der Waals surface area contributed by atoms with Crippen LogP contribution < -0.4 is 14.8 Å². The monoisotopic (exact) mass is 425 g/mol. The zero-order chi connectivity index (χ0) is 22.2. The summed E-state index contributed by atoms with van der Waals surface area (Å²) in [5.74, 6) is 2.00. The summed E-state index contributed by atoms with van der Waals surface area (Å²) < 4.78 is 13.3. The van der Waals surface area contributed by atoms with Gasteiger partial charge >= 0.3 is 0 Å². The zero-order valence-electron chi connectivity index (χ0n) is 18.1. The Bertz CT molecular complexity index is 1360. The maximum absolute atomic E-state index is 13.8. The molecule has 1 N–H and O–H groups in total. The van der Waals surface area contributed by atoms with Crippen LogP contribution in [0.3, 0.4) is 0 Å². The molecule has 0 radical (unpaired) electrons. The van der Waals surface area contributed by atoms with Crippen LogP contribution >= 0.6 is 0 Å². The van der Waals surface area contributed by atoms with Gasteiger partial charge in [-0.3, -0.25) is 9.36 Å². The molecule has 3 aromatic carbocycles. The van der Waals surface area contributed by atoms with Crippen LogP contribution in [0.25, 0.3) is 11.0 Å². The lowest BCUT2D eigenvalue weighted by molar-refractivity contribution is 0.102. The van der Waals surface area contributed by atoms with E-state index in [1.807, 2.05) is 79.7 Å². The number of carbonyl (C=O) groups is 1. The van der Waals surface area contributed by atoms with Crippen molar-refractivity contribution in [3.8, 4) is 11.5 Å². The summed E-state index contributed by atoms with van der Waals surface area (Å²) in [4.78, 5) is 18.6. The van der Waals surface area contributed by atoms with Gasteiger partial charge in [-0.25, -0.2) is 4.98 Å². The Labute approximate surface area is 186 Å². The standard InChI is InChI=1S/C26H23N3O3/c1-16-23(25(30)17-9-5-4-6-10-17)24(19-15-18(31-2)13-14-22(19)32-3)29-21-12-8-7-11-20(21)28-26(29)27-16/h4-15,24H,1-3H3,(H,27,28)/t24-/m1/s1. The lowest BCUT2D eigenvalue weighted by atomic mass is 9.88. The number of Topliss-reactive ketones (excluding diaryl/α,β-unsaturated/α-hetero) is 1. The summed E-state index contributed by atoms with van der Waals surface area (Å²) in [6, 6.07) is 22.4. The maximum Gasteiger partial charge on any atom is 0.209 e. The fraction of sp³-hybridized carbons (Fsp3) is 0.154. The SMILES string of the molecule is COc1ccc(OC)c([C@@H]2C(C(=O)c3ccccc3)=C(C)Nc3nc4ccccc4n32)c1. The lowest BCUT2D eigenvalue weighted by Gasteiger charge is -2.31. The Morgan fingerprint density at radius 2 is 1.72 bits per heavy atom. The molecule has 2 heterocycles. The molecule has 0 unspecified atom stereocenters. The molecule has 0 aliphatic carbocycles. The maximum atomic E-state index is 13.8. The number of imidazole rings is 1. The first kappa shape index (κ1) is 19.9. The fourth-order valence-electron chi connectivity index (χ4n) is 4.35. The Morgan fingerprint density at radius 1 is 0.969 bits per heavy atom. The van der Waals surface area contributed by atoms with E-state index < -0.39 is 6.04 Å². The quantitative estimate of drug-likeness (QED) is 0.444. The highest BCUT2D eigenvalue weighted by Crippen LogP contribution is 2.44. The second-order valence-electron chi connectivity index (χ2n) is 7.66. The third kappa shape index (κ3) is 3.12. The Balaban J connectivity index is 1.81. The van der Waals surface area contributed by atoms with E-state index in [2.05, 4.69) is 9.88 Å². The molecule has 0 fully saturated rings. The van der Waals surface area contributed by atoms with E-state index in [4.69, 9.17) is 14.5 Å². The van der Waals surface area contributed by atoms with Crippen LogP contribution in [-0.4, -0.2) is 29.6 Å². The number of anilines is 1. The van der Waals surface area contributed by atoms with Crippen molar-refractivity contribution in [2.24, 2.45) is 0 Å². The Morgan fingerprint density at radius 3 is 2.47 bits per heavy atom. The number of ether oxygens (including phenoxy) is 2. The largest absolute Gasteiger partial charge is 0.497 e. The number of para-hydroxylation sites is 2. The van der Waals surface area contributed by atoms with Gasteiger partial charge in [0, 0.05) is 22.4 Å². The van der Waals surface area contributed by atoms with E-state index in [-0.39, 0.29) is 5.78 Å². The summed E-state index contributed by atoms with van der Waals surface area (Å²) in [6.45, 7) is 1.92. The van der Waals surface area contributed by atoms with Crippen LogP contribution in [0.5, 0.6) is 11.5 Å². The smallest absolute Gasteiger partial charge is 0.209 e. The summed E-state index contributed by atoms with van der Waals surface area (Å²) in [7, 11) is 3.26. The molecule has 6 heteroatoms. The van der Waals surface area contributed by atoms with Gasteiger partial charge in [-0.2, -0.15) is 0 Å². The molecule has 0 saturated carbocycles. The van der Waals surface area contributed by atoms with Crippen LogP contribution in [0.2, 0.25) is 0 Å². The fourth-order valence-corrected chi connectivity index (χ4v) is 4.35. The number of benzene rings is 3. The average Bonchev–Trinajstić information content (AvgIpc) is 3.20. The molecular weight excluding hydrogens is 402 g/mol. The number of fused-ring (bicyclic) bond motifs is 3. The molecule has 160 valence electrons. The molecule has 5 rings (SSSR count). The summed E-state index contributed by atoms with van der Waals surface area (Å²) in [6.07, 6.45) is 0. The van der Waals surface area contributed by atoms with Gasteiger partial charge in [-0.15, -0.1) is 0 Å². The van der Waals surface area contributed by atoms with Crippen molar-refractivity contribution in [1.29, 1.82) is 0 Å². The number of hydrogen-bond acceptors (Lipinski definition) is 5. The van der Waals surface area contributed by atoms with Crippen molar-refractivity contribution in [3.05, 3.63) is 95.2 Å². The van der Waals surface area contributed by atoms with Gasteiger partial charge in [0.25, 0.3) is 0 Å². The molecule has 0 amide bonds. The Kier molecular flexibility index (Phi) is 4.90. The van der Waals surface area contributed by atoms with Crippen molar-refractivity contribution >= 4 is 22.8 Å². The van der Waals surface area contributed by atoms with Crippen LogP contribution in [0.15, 0.2) is 84.1 Å². The van der Waals surface area contributed by atoms with E-state index in [1.165, 1.54) is 0 Å². The number of hydrogen-bond donors (Lipinski definition) is 1. The molecule has 32 heavy (non-hydrogen) atoms. The number of ketones is 1. The number of nitrogens with one attached hydrogen (secondary N) is 1. The normalized spacial score (nSPS) is 15.3. The van der Waals surface area contributed by atoms with Gasteiger partial charge in [0.2, 0.25) is 5.95 Å². The third-order valence-corrected chi connectivity index (χ3v) is 5.84. The highest BCUT2D eigenvalue weighted by molar-refractivity contribution is 6.11. The third-order valence-electron chi connectivity index (χ3n) is 5.84. The lowest BCUT2D eigenvalue weighted by Crippen LogP contribution is -2.28. The second-order valence-corrected chi connectivity index (χ2v) is 7.66. The van der Waals surface area contributed by atoms with Crippen LogP contribution in [0.4, 0.5) is 5.95 Å². The van der Waals surface area contributed by atoms with Gasteiger partial charge in [0.05, 0.1) is 31.3 Å². The first-order valence-corrected chi connectivity index (χ1v) is 10.4. The minimum atomic E-state index is -0.448. The van der Waals surface area contributed by atoms with Crippen molar-refractivity contribution < 1.29 is 14.3 Å².